The molecule has 3 rings (SSSR count). The Morgan fingerprint density at radius 2 is 1.47 bits per heavy atom. The number of thiazole rings is 1. The molecule has 1 aliphatic rings. The molecule has 1 heterocycles. The maximum Gasteiger partial charge on any atom is 0.426 e. The van der Waals surface area contributed by atoms with Crippen molar-refractivity contribution in [2.45, 2.75) is 130 Å². The molecule has 456 valence electrons. The van der Waals surface area contributed by atoms with Crippen molar-refractivity contribution in [1.29, 1.82) is 0 Å². The number of amides is 8. The van der Waals surface area contributed by atoms with Gasteiger partial charge in [-0.2, -0.15) is 0 Å². The third-order valence-corrected chi connectivity index (χ3v) is 14.2. The number of hydrogen-bond donors (Lipinski definition) is 9. The predicted molar refractivity (Wildman–Crippen MR) is 304 cm³/mol. The Hall–Kier alpha value is -6.03. The zero-order chi connectivity index (χ0) is 59.7. The summed E-state index contributed by atoms with van der Waals surface area (Å²) in [6.45, 7) is 16.7. The zero-order valence-electron chi connectivity index (χ0n) is 48.7. The lowest BCUT2D eigenvalue weighted by Gasteiger charge is -2.39. The molecule has 0 fully saturated rings. The van der Waals surface area contributed by atoms with Crippen LogP contribution < -0.4 is 43.2 Å². The molecule has 0 saturated heterocycles. The van der Waals surface area contributed by atoms with Gasteiger partial charge >= 0.3 is 6.09 Å². The Morgan fingerprint density at radius 3 is 2.11 bits per heavy atom. The highest BCUT2D eigenvalue weighted by Crippen LogP contribution is 2.35. The second-order valence-corrected chi connectivity index (χ2v) is 21.2. The summed E-state index contributed by atoms with van der Waals surface area (Å²) in [5.41, 5.74) is 11.2. The fourth-order valence-corrected chi connectivity index (χ4v) is 9.65. The van der Waals surface area contributed by atoms with Crippen LogP contribution >= 0.6 is 11.3 Å². The highest BCUT2D eigenvalue weighted by molar-refractivity contribution is 7.09. The summed E-state index contributed by atoms with van der Waals surface area (Å²) in [7, 11) is 1.91. The van der Waals surface area contributed by atoms with E-state index in [0.717, 1.165) is 31.4 Å². The molecule has 2 aromatic rings. The average molecular weight is 1160 g/mol. The van der Waals surface area contributed by atoms with Gasteiger partial charge in [0.1, 0.15) is 35.2 Å². The van der Waals surface area contributed by atoms with E-state index in [4.69, 9.17) is 34.4 Å². The van der Waals surface area contributed by atoms with Gasteiger partial charge in [-0.25, -0.2) is 15.2 Å². The van der Waals surface area contributed by atoms with Gasteiger partial charge in [-0.3, -0.25) is 43.9 Å². The lowest BCUT2D eigenvalue weighted by Crippen LogP contribution is -2.56. The molecule has 0 aliphatic heterocycles. The number of ether oxygens (including phenoxy) is 5. The molecule has 10 N–H and O–H groups in total. The van der Waals surface area contributed by atoms with Gasteiger partial charge < -0.3 is 66.0 Å². The number of rotatable bonds is 39. The Balaban J connectivity index is 1.51. The van der Waals surface area contributed by atoms with E-state index in [9.17, 15) is 43.5 Å². The van der Waals surface area contributed by atoms with Crippen LogP contribution in [0.3, 0.4) is 0 Å². The van der Waals surface area contributed by atoms with Crippen molar-refractivity contribution in [3.63, 3.8) is 0 Å². The number of aromatic hydroxyl groups is 1. The summed E-state index contributed by atoms with van der Waals surface area (Å²) in [4.78, 5) is 111. The molecule has 0 bridgehead atoms. The van der Waals surface area contributed by atoms with Gasteiger partial charge in [0.25, 0.3) is 5.91 Å². The predicted octanol–water partition coefficient (Wildman–Crippen LogP) is 2.18. The highest BCUT2D eigenvalue weighted by Gasteiger charge is 2.38. The summed E-state index contributed by atoms with van der Waals surface area (Å²) in [5, 5.41) is 26.0. The molecular weight excluding hydrogens is 1070 g/mol. The van der Waals surface area contributed by atoms with Gasteiger partial charge in [-0.1, -0.05) is 67.4 Å². The number of hydrazine groups is 1. The van der Waals surface area contributed by atoms with Gasteiger partial charge in [0.2, 0.25) is 35.4 Å². The van der Waals surface area contributed by atoms with Gasteiger partial charge in [0.05, 0.1) is 71.7 Å². The zero-order valence-corrected chi connectivity index (χ0v) is 49.5. The number of nitrogens with two attached hydrogens (primary N) is 1. The van der Waals surface area contributed by atoms with Crippen LogP contribution in [0.15, 0.2) is 23.6 Å². The Labute approximate surface area is 480 Å². The largest absolute Gasteiger partial charge is 0.508 e. The molecule has 25 nitrogen and oxygen atoms in total. The van der Waals surface area contributed by atoms with E-state index in [1.54, 1.807) is 11.4 Å². The van der Waals surface area contributed by atoms with E-state index in [-0.39, 0.29) is 127 Å². The van der Waals surface area contributed by atoms with Gasteiger partial charge in [-0.15, -0.1) is 11.3 Å². The molecule has 0 spiro atoms. The Morgan fingerprint density at radius 1 is 0.802 bits per heavy atom. The van der Waals surface area contributed by atoms with E-state index in [0.29, 0.717) is 49.4 Å². The summed E-state index contributed by atoms with van der Waals surface area (Å²) < 4.78 is 27.9. The van der Waals surface area contributed by atoms with Gasteiger partial charge in [-0.05, 0) is 80.8 Å². The molecular formula is C55H91N11O14S. The van der Waals surface area contributed by atoms with E-state index >= 15 is 0 Å². The van der Waals surface area contributed by atoms with Crippen LogP contribution in [0.2, 0.25) is 0 Å². The van der Waals surface area contributed by atoms with Crippen LogP contribution in [0.4, 0.5) is 4.79 Å². The molecule has 8 amide bonds. The summed E-state index contributed by atoms with van der Waals surface area (Å²) in [6.07, 6.45) is 3.55. The SMILES string of the molecule is CCCCN(C)CC(=O)N[C@H](C(=O)N(CCC)C(C[C@@H](OCCC)c1nc(C(=O)N[C@H]2Cc3ccc(O)cc3[C@H](C(=O)NNC(=O)OCCOCCOCCOCCNC(=O)CNC(=O)CNC(=O)CN)C2)cs1)C(C)C)[C@@H](C)CC. The first kappa shape index (κ1) is 69.2. The van der Waals surface area contributed by atoms with Crippen molar-refractivity contribution in [3.8, 4) is 5.75 Å². The number of likely N-dealkylation sites (N-methyl/N-ethyl adjacent to an activating group) is 1. The first-order valence-corrected chi connectivity index (χ1v) is 29.2. The molecule has 26 heteroatoms. The molecule has 0 saturated carbocycles. The number of nitrogens with zero attached hydrogens (tertiary/aromatic N) is 3. The van der Waals surface area contributed by atoms with Crippen LogP contribution in [0.1, 0.15) is 132 Å². The summed E-state index contributed by atoms with van der Waals surface area (Å²) in [6, 6.07) is 3.17. The van der Waals surface area contributed by atoms with Crippen LogP contribution in [0, 0.1) is 11.8 Å². The maximum absolute atomic E-state index is 14.7. The number of hydrogen-bond acceptors (Lipinski definition) is 18. The standard InChI is InChI=1S/C55H91N11O14S/c1-9-13-18-65(8)34-49(71)62-50(37(7)12-4)54(74)66(17-10-2)44(36(5)6)30-45(79-19-11-3)53-61-43(35-81-53)52(73)60-39-27-38-14-15-40(67)29-41(38)42(28-39)51(72)63-64-55(75)80-26-25-78-24-23-77-22-21-76-20-16-57-47(69)32-59-48(70)33-58-46(68)31-56/h14-15,29,35-37,39,42,44-45,50,67H,9-13,16-28,30-34,56H2,1-8H3,(H,57,69)(H,58,68)(H,59,70)(H,60,73)(H,62,71)(H,63,72)(H,64,75)/t37-,39-,42+,44?,45+,50-/m0/s1. The van der Waals surface area contributed by atoms with E-state index < -0.39 is 59.7 Å². The number of nitrogens with one attached hydrogen (secondary N) is 7. The first-order valence-electron chi connectivity index (χ1n) is 28.3. The average Bonchev–Trinajstić information content (AvgIpc) is 4.02. The van der Waals surface area contributed by atoms with Crippen molar-refractivity contribution >= 4 is 58.8 Å². The van der Waals surface area contributed by atoms with E-state index in [2.05, 4.69) is 58.2 Å². The molecule has 1 unspecified atom stereocenters. The minimum Gasteiger partial charge on any atom is -0.508 e. The van der Waals surface area contributed by atoms with Crippen LogP contribution in [0.5, 0.6) is 5.75 Å². The first-order chi connectivity index (χ1) is 38.8. The molecule has 1 aromatic heterocycles. The smallest absolute Gasteiger partial charge is 0.426 e. The minimum absolute atomic E-state index is 0.00989. The van der Waals surface area contributed by atoms with Crippen molar-refractivity contribution in [3.05, 3.63) is 45.4 Å². The van der Waals surface area contributed by atoms with Crippen molar-refractivity contribution < 1.29 is 67.1 Å². The van der Waals surface area contributed by atoms with Crippen LogP contribution in [-0.4, -0.2) is 191 Å². The summed E-state index contributed by atoms with van der Waals surface area (Å²) in [5.74, 6) is -3.83. The second kappa shape index (κ2) is 38.6. The van der Waals surface area contributed by atoms with Crippen molar-refractivity contribution in [1.82, 2.24) is 52.2 Å². The maximum atomic E-state index is 14.7. The summed E-state index contributed by atoms with van der Waals surface area (Å²) >= 11 is 1.30. The molecule has 6 atom stereocenters. The number of fused-ring (bicyclic) bond motifs is 1. The quantitative estimate of drug-likeness (QED) is 0.0342. The Bertz CT molecular complexity index is 2270. The number of phenols is 1. The number of carbonyl (C=O) groups is 8. The van der Waals surface area contributed by atoms with Gasteiger partial charge in [0, 0.05) is 43.6 Å². The number of unbranched alkanes of at least 4 members (excludes halogenated alkanes) is 1. The highest BCUT2D eigenvalue weighted by atomic mass is 32.1. The van der Waals surface area contributed by atoms with E-state index in [1.165, 1.54) is 23.5 Å². The number of benzene rings is 1. The lowest BCUT2D eigenvalue weighted by atomic mass is 9.79. The monoisotopic (exact) mass is 1160 g/mol. The van der Waals surface area contributed by atoms with Crippen LogP contribution in [-0.2, 0) is 58.9 Å². The molecule has 1 aromatic carbocycles. The normalized spacial score (nSPS) is 15.3. The minimum atomic E-state index is -0.933. The lowest BCUT2D eigenvalue weighted by molar-refractivity contribution is -0.142. The fourth-order valence-electron chi connectivity index (χ4n) is 8.79. The molecule has 0 radical (unpaired) electrons. The topological polar surface area (TPSA) is 333 Å². The number of carbonyl (C=O) groups excluding carboxylic acids is 8. The third-order valence-electron chi connectivity index (χ3n) is 13.3. The Kier molecular flexibility index (Phi) is 33.0. The third kappa shape index (κ3) is 25.8. The van der Waals surface area contributed by atoms with E-state index in [1.807, 2.05) is 44.5 Å². The number of phenolic OH excluding ortho intramolecular Hbond substituents is 1. The number of aromatic nitrogens is 1. The van der Waals surface area contributed by atoms with Gasteiger partial charge in [0.15, 0.2) is 0 Å². The molecule has 81 heavy (non-hydrogen) atoms. The second-order valence-electron chi connectivity index (χ2n) is 20.3. The molecule has 1 aliphatic carbocycles. The fraction of sp³-hybridized carbons (Fsp3) is 0.691. The van der Waals surface area contributed by atoms with Crippen molar-refractivity contribution in [2.24, 2.45) is 17.6 Å². The van der Waals surface area contributed by atoms with Crippen LogP contribution in [0.25, 0.3) is 0 Å². The van der Waals surface area contributed by atoms with Crippen molar-refractivity contribution in [2.75, 3.05) is 106 Å².